The number of hydrogen-bond donors (Lipinski definition) is 4. The van der Waals surface area contributed by atoms with Crippen LogP contribution in [0.15, 0.2) is 50.6 Å². The first-order valence-electron chi connectivity index (χ1n) is 5.43. The van der Waals surface area contributed by atoms with Crippen molar-refractivity contribution in [1.29, 1.82) is 0 Å². The highest BCUT2D eigenvalue weighted by molar-refractivity contribution is 6.46. The van der Waals surface area contributed by atoms with E-state index in [1.54, 1.807) is 0 Å². The van der Waals surface area contributed by atoms with Gasteiger partial charge in [-0.1, -0.05) is 26.3 Å². The van der Waals surface area contributed by atoms with Gasteiger partial charge in [-0.25, -0.2) is 0 Å². The lowest BCUT2D eigenvalue weighted by Crippen LogP contribution is -2.48. The van der Waals surface area contributed by atoms with Crippen LogP contribution in [-0.4, -0.2) is 58.9 Å². The highest BCUT2D eigenvalue weighted by atomic mass is 28.4. The fourth-order valence-electron chi connectivity index (χ4n) is 1.54. The molecule has 0 aromatic carbocycles. The van der Waals surface area contributed by atoms with E-state index in [4.69, 9.17) is 19.2 Å². The topological polar surface area (TPSA) is 80.9 Å². The summed E-state index contributed by atoms with van der Waals surface area (Å²) in [6, 6.07) is 0. The van der Waals surface area contributed by atoms with Crippen LogP contribution in [0.2, 0.25) is 0 Å². The van der Waals surface area contributed by atoms with Gasteiger partial charge in [-0.15, -0.1) is 0 Å². The van der Waals surface area contributed by atoms with Gasteiger partial charge in [0.25, 0.3) is 0 Å². The van der Waals surface area contributed by atoms with Crippen LogP contribution < -0.4 is 0 Å². The maximum absolute atomic E-state index is 7.33. The minimum absolute atomic E-state index is 0.903. The molecule has 0 aromatic rings. The number of hydrogen-bond acceptors (Lipinski definition) is 4. The van der Waals surface area contributed by atoms with Gasteiger partial charge in [-0.3, -0.25) is 0 Å². The van der Waals surface area contributed by atoms with Crippen LogP contribution in [0.1, 0.15) is 0 Å². The van der Waals surface area contributed by atoms with Gasteiger partial charge in [0.05, 0.1) is 26.2 Å². The molecule has 0 aliphatic rings. The van der Waals surface area contributed by atoms with Gasteiger partial charge in [0.1, 0.15) is 0 Å². The van der Waals surface area contributed by atoms with Gasteiger partial charge in [0.15, 0.2) is 0 Å². The minimum atomic E-state index is -4.61. The molecule has 0 aromatic heterocycles. The normalized spacial score (nSPS) is 10.9. The molecule has 5 nitrogen and oxygen atoms in total. The summed E-state index contributed by atoms with van der Waals surface area (Å²) >= 11 is 0. The van der Waals surface area contributed by atoms with Crippen LogP contribution in [0.3, 0.4) is 0 Å². The molecule has 0 amide bonds. The van der Waals surface area contributed by atoms with Gasteiger partial charge in [-0.2, -0.15) is 0 Å². The average Bonchev–Trinajstić information content (AvgIpc) is 2.16. The molecule has 0 rings (SSSR count). The predicted molar refractivity (Wildman–Crippen MR) is 75.1 cm³/mol. The van der Waals surface area contributed by atoms with E-state index in [9.17, 15) is 0 Å². The molecule has 0 aliphatic heterocycles. The molecule has 0 fully saturated rings. The Balaban J connectivity index is 0. The Labute approximate surface area is 110 Å². The second kappa shape index (κ2) is 9.95. The molecule has 0 bridgehead atoms. The molecule has 0 radical (unpaired) electrons. The van der Waals surface area contributed by atoms with E-state index in [-0.39, 0.29) is 0 Å². The van der Waals surface area contributed by atoms with Crippen molar-refractivity contribution in [3.05, 3.63) is 50.6 Å². The molecule has 0 unspecified atom stereocenters. The lowest BCUT2D eigenvalue weighted by atomic mass is 10.3. The molecule has 18 heavy (non-hydrogen) atoms. The van der Waals surface area contributed by atoms with Gasteiger partial charge >= 0.3 is 9.05 Å². The van der Waals surface area contributed by atoms with Crippen LogP contribution in [0.4, 0.5) is 0 Å². The summed E-state index contributed by atoms with van der Waals surface area (Å²) in [6.07, 6.45) is 7.76. The molecule has 6 heteroatoms. The Hall–Kier alpha value is -1.02. The average molecular weight is 274 g/mol. The van der Waals surface area contributed by atoms with Gasteiger partial charge in [0.2, 0.25) is 0 Å². The van der Waals surface area contributed by atoms with E-state index in [0.29, 0.717) is 0 Å². The Morgan fingerprint density at radius 3 is 0.944 bits per heavy atom. The van der Waals surface area contributed by atoms with Crippen molar-refractivity contribution in [3.8, 4) is 0 Å². The first kappa shape index (κ1) is 19.3. The Morgan fingerprint density at radius 1 is 0.667 bits per heavy atom. The first-order chi connectivity index (χ1) is 8.24. The monoisotopic (exact) mass is 274 g/mol. The number of quaternary nitrogens is 1. The highest BCUT2D eigenvalue weighted by Crippen LogP contribution is 2.07. The van der Waals surface area contributed by atoms with Crippen molar-refractivity contribution in [1.82, 2.24) is 0 Å². The summed E-state index contributed by atoms with van der Waals surface area (Å²) in [6.45, 7) is 18.8. The molecule has 0 aliphatic carbocycles. The number of nitrogens with zero attached hydrogens (tertiary/aromatic N) is 1. The lowest BCUT2D eigenvalue weighted by molar-refractivity contribution is -0.906. The molecule has 0 heterocycles. The zero-order valence-electron chi connectivity index (χ0n) is 10.7. The minimum Gasteiger partial charge on any atom is -0.368 e. The number of rotatable bonds is 8. The fourth-order valence-corrected chi connectivity index (χ4v) is 1.54. The van der Waals surface area contributed by atoms with E-state index in [2.05, 4.69) is 26.3 Å². The zero-order chi connectivity index (χ0) is 14.7. The molecule has 0 spiro atoms. The van der Waals surface area contributed by atoms with Crippen molar-refractivity contribution >= 4 is 9.05 Å². The van der Waals surface area contributed by atoms with E-state index in [1.807, 2.05) is 24.3 Å². The quantitative estimate of drug-likeness (QED) is 0.284. The SMILES string of the molecule is C=CC[N+](CC=C)(CC=C)CC=C.O[Si](O)(O)O. The standard InChI is InChI=1S/C12H20N.H4O4Si/c1-5-9-13(10-6-2,11-7-3)12-8-4;1-5(2,3)4/h5-8H,1-4,9-12H2;1-4H/q+1;. The van der Waals surface area contributed by atoms with Crippen molar-refractivity contribution in [3.63, 3.8) is 0 Å². The first-order valence-corrected chi connectivity index (χ1v) is 7.21. The third kappa shape index (κ3) is 13.0. The maximum atomic E-state index is 7.33. The second-order valence-electron chi connectivity index (χ2n) is 3.83. The summed E-state index contributed by atoms with van der Waals surface area (Å²) in [5, 5.41) is 0. The van der Waals surface area contributed by atoms with Crippen molar-refractivity contribution in [2.75, 3.05) is 26.2 Å². The Kier molecular flexibility index (Phi) is 10.7. The van der Waals surface area contributed by atoms with E-state index in [0.717, 1.165) is 30.7 Å². The molecule has 104 valence electrons. The largest absolute Gasteiger partial charge is 0.668 e. The van der Waals surface area contributed by atoms with Gasteiger partial charge < -0.3 is 23.7 Å². The summed E-state index contributed by atoms with van der Waals surface area (Å²) in [7, 11) is -4.61. The van der Waals surface area contributed by atoms with Gasteiger partial charge in [-0.05, 0) is 24.3 Å². The van der Waals surface area contributed by atoms with Crippen LogP contribution >= 0.6 is 0 Å². The van der Waals surface area contributed by atoms with Crippen LogP contribution in [-0.2, 0) is 0 Å². The summed E-state index contributed by atoms with van der Waals surface area (Å²) in [5.74, 6) is 0. The van der Waals surface area contributed by atoms with Crippen LogP contribution in [0.5, 0.6) is 0 Å². The van der Waals surface area contributed by atoms with E-state index in [1.165, 1.54) is 0 Å². The highest BCUT2D eigenvalue weighted by Gasteiger charge is 2.22. The summed E-state index contributed by atoms with van der Waals surface area (Å²) < 4.78 is 0.903. The zero-order valence-corrected chi connectivity index (χ0v) is 11.7. The molecular formula is C12H24NO4Si+. The summed E-state index contributed by atoms with van der Waals surface area (Å²) in [5.41, 5.74) is 0. The fraction of sp³-hybridized carbons (Fsp3) is 0.333. The molecule has 0 atom stereocenters. The molecular weight excluding hydrogens is 250 g/mol. The van der Waals surface area contributed by atoms with Crippen molar-refractivity contribution < 1.29 is 23.7 Å². The second-order valence-corrected chi connectivity index (χ2v) is 5.03. The van der Waals surface area contributed by atoms with Gasteiger partial charge in [0, 0.05) is 0 Å². The lowest BCUT2D eigenvalue weighted by Gasteiger charge is -2.35. The van der Waals surface area contributed by atoms with Crippen molar-refractivity contribution in [2.45, 2.75) is 0 Å². The predicted octanol–water partition coefficient (Wildman–Crippen LogP) is -0.0616. The molecule has 0 saturated heterocycles. The third-order valence-electron chi connectivity index (χ3n) is 2.07. The summed E-state index contributed by atoms with van der Waals surface area (Å²) in [4.78, 5) is 29.3. The maximum Gasteiger partial charge on any atom is 0.668 e. The Bertz CT molecular complexity index is 222. The van der Waals surface area contributed by atoms with Crippen LogP contribution in [0, 0.1) is 0 Å². The Morgan fingerprint density at radius 2 is 0.833 bits per heavy atom. The molecule has 0 saturated carbocycles. The van der Waals surface area contributed by atoms with Crippen LogP contribution in [0.25, 0.3) is 0 Å². The molecule has 4 N–H and O–H groups in total. The van der Waals surface area contributed by atoms with E-state index < -0.39 is 9.05 Å². The van der Waals surface area contributed by atoms with Crippen molar-refractivity contribution in [2.24, 2.45) is 0 Å². The van der Waals surface area contributed by atoms with E-state index >= 15 is 0 Å². The third-order valence-corrected chi connectivity index (χ3v) is 2.07. The smallest absolute Gasteiger partial charge is 0.368 e.